The Morgan fingerprint density at radius 2 is 1.62 bits per heavy atom. The monoisotopic (exact) mass is 184 g/mol. The first-order valence-corrected chi connectivity index (χ1v) is 5.68. The number of unbranched alkanes of at least 4 members (excludes halogenated alkanes) is 6. The van der Waals surface area contributed by atoms with Gasteiger partial charge in [0, 0.05) is 0 Å². The van der Waals surface area contributed by atoms with E-state index in [1.165, 1.54) is 44.9 Å². The van der Waals surface area contributed by atoms with Gasteiger partial charge in [-0.25, -0.2) is 0 Å². The molecule has 0 spiro atoms. The lowest BCUT2D eigenvalue weighted by Crippen LogP contribution is -1.79. The highest BCUT2D eigenvalue weighted by atomic mass is 16.5. The van der Waals surface area contributed by atoms with Gasteiger partial charge < -0.3 is 4.74 Å². The maximum atomic E-state index is 5.10. The van der Waals surface area contributed by atoms with E-state index in [9.17, 15) is 0 Å². The van der Waals surface area contributed by atoms with Gasteiger partial charge in [-0.2, -0.15) is 0 Å². The van der Waals surface area contributed by atoms with Crippen LogP contribution in [-0.4, -0.2) is 6.61 Å². The third-order valence-electron chi connectivity index (χ3n) is 2.08. The Hall–Kier alpha value is -0.460. The third kappa shape index (κ3) is 11.5. The Labute approximate surface area is 83.2 Å². The van der Waals surface area contributed by atoms with Gasteiger partial charge in [-0.3, -0.25) is 0 Å². The van der Waals surface area contributed by atoms with Gasteiger partial charge in [-0.15, -0.1) is 0 Å². The van der Waals surface area contributed by atoms with Crippen LogP contribution in [-0.2, 0) is 4.74 Å². The van der Waals surface area contributed by atoms with Crippen molar-refractivity contribution in [3.8, 4) is 0 Å². The average molecular weight is 184 g/mol. The first kappa shape index (κ1) is 12.5. The summed E-state index contributed by atoms with van der Waals surface area (Å²) in [7, 11) is 0. The SMILES string of the molecule is CCCCCCCCC=COCC. The molecule has 0 unspecified atom stereocenters. The maximum Gasteiger partial charge on any atom is 0.0845 e. The Balaban J connectivity index is 2.91. The number of ether oxygens (including phenoxy) is 1. The van der Waals surface area contributed by atoms with Crippen molar-refractivity contribution in [1.82, 2.24) is 0 Å². The lowest BCUT2D eigenvalue weighted by atomic mass is 10.1. The maximum absolute atomic E-state index is 5.10. The van der Waals surface area contributed by atoms with Gasteiger partial charge in [-0.1, -0.05) is 39.0 Å². The molecule has 0 rings (SSSR count). The van der Waals surface area contributed by atoms with Gasteiger partial charge >= 0.3 is 0 Å². The molecule has 0 fully saturated rings. The van der Waals surface area contributed by atoms with Gasteiger partial charge in [0.2, 0.25) is 0 Å². The summed E-state index contributed by atoms with van der Waals surface area (Å²) in [5.41, 5.74) is 0. The van der Waals surface area contributed by atoms with Crippen molar-refractivity contribution in [2.75, 3.05) is 6.61 Å². The number of rotatable bonds is 9. The molecule has 0 N–H and O–H groups in total. The zero-order valence-corrected chi connectivity index (χ0v) is 9.22. The van der Waals surface area contributed by atoms with E-state index < -0.39 is 0 Å². The van der Waals surface area contributed by atoms with Crippen molar-refractivity contribution in [3.05, 3.63) is 12.3 Å². The molecule has 0 saturated heterocycles. The zero-order valence-electron chi connectivity index (χ0n) is 9.22. The predicted molar refractivity (Wildman–Crippen MR) is 58.8 cm³/mol. The van der Waals surface area contributed by atoms with Gasteiger partial charge in [0.15, 0.2) is 0 Å². The lowest BCUT2D eigenvalue weighted by Gasteiger charge is -1.97. The molecule has 0 atom stereocenters. The van der Waals surface area contributed by atoms with E-state index in [4.69, 9.17) is 4.74 Å². The quantitative estimate of drug-likeness (QED) is 0.384. The lowest BCUT2D eigenvalue weighted by molar-refractivity contribution is 0.268. The molecule has 0 aliphatic rings. The highest BCUT2D eigenvalue weighted by Crippen LogP contribution is 2.06. The largest absolute Gasteiger partial charge is 0.502 e. The van der Waals surface area contributed by atoms with Gasteiger partial charge in [0.1, 0.15) is 0 Å². The summed E-state index contributed by atoms with van der Waals surface area (Å²) in [6.45, 7) is 5.05. The molecule has 0 heterocycles. The zero-order chi connectivity index (χ0) is 9.78. The van der Waals surface area contributed by atoms with Crippen LogP contribution in [0.2, 0.25) is 0 Å². The molecular formula is C12H24O. The summed E-state index contributed by atoms with van der Waals surface area (Å²) in [4.78, 5) is 0. The van der Waals surface area contributed by atoms with Gasteiger partial charge in [-0.05, 0) is 25.8 Å². The van der Waals surface area contributed by atoms with Crippen molar-refractivity contribution in [2.45, 2.75) is 58.8 Å². The van der Waals surface area contributed by atoms with E-state index in [0.717, 1.165) is 6.61 Å². The van der Waals surface area contributed by atoms with Gasteiger partial charge in [0.25, 0.3) is 0 Å². The molecule has 0 aromatic rings. The van der Waals surface area contributed by atoms with Crippen LogP contribution in [0.3, 0.4) is 0 Å². The Kier molecular flexibility index (Phi) is 11.1. The second-order valence-corrected chi connectivity index (χ2v) is 3.38. The highest BCUT2D eigenvalue weighted by Gasteiger charge is 1.87. The molecule has 0 radical (unpaired) electrons. The molecule has 0 bridgehead atoms. The van der Waals surface area contributed by atoms with Crippen LogP contribution >= 0.6 is 0 Å². The molecule has 78 valence electrons. The molecule has 0 aliphatic heterocycles. The van der Waals surface area contributed by atoms with Gasteiger partial charge in [0.05, 0.1) is 12.9 Å². The van der Waals surface area contributed by atoms with Crippen molar-refractivity contribution < 1.29 is 4.74 Å². The molecule has 1 heteroatoms. The van der Waals surface area contributed by atoms with Crippen LogP contribution in [0.25, 0.3) is 0 Å². The number of hydrogen-bond acceptors (Lipinski definition) is 1. The molecule has 13 heavy (non-hydrogen) atoms. The average Bonchev–Trinajstić information content (AvgIpc) is 2.16. The van der Waals surface area contributed by atoms with Crippen LogP contribution in [0.5, 0.6) is 0 Å². The number of allylic oxidation sites excluding steroid dienone is 1. The Bertz CT molecular complexity index is 108. The van der Waals surface area contributed by atoms with E-state index in [1.54, 1.807) is 0 Å². The Morgan fingerprint density at radius 3 is 2.31 bits per heavy atom. The second-order valence-electron chi connectivity index (χ2n) is 3.38. The molecule has 0 aliphatic carbocycles. The van der Waals surface area contributed by atoms with Crippen LogP contribution in [0.1, 0.15) is 58.8 Å². The first-order chi connectivity index (χ1) is 6.41. The molecule has 0 aromatic carbocycles. The Morgan fingerprint density at radius 1 is 0.923 bits per heavy atom. The van der Waals surface area contributed by atoms with E-state index in [1.807, 2.05) is 13.2 Å². The summed E-state index contributed by atoms with van der Waals surface area (Å²) >= 11 is 0. The topological polar surface area (TPSA) is 9.23 Å². The van der Waals surface area contributed by atoms with Crippen LogP contribution in [0.15, 0.2) is 12.3 Å². The summed E-state index contributed by atoms with van der Waals surface area (Å²) in [6.07, 6.45) is 13.4. The fraction of sp³-hybridized carbons (Fsp3) is 0.833. The number of hydrogen-bond donors (Lipinski definition) is 0. The van der Waals surface area contributed by atoms with Crippen molar-refractivity contribution >= 4 is 0 Å². The highest BCUT2D eigenvalue weighted by molar-refractivity contribution is 4.72. The second kappa shape index (κ2) is 11.5. The summed E-state index contributed by atoms with van der Waals surface area (Å²) in [5, 5.41) is 0. The van der Waals surface area contributed by atoms with Crippen molar-refractivity contribution in [1.29, 1.82) is 0 Å². The predicted octanol–water partition coefficient (Wildman–Crippen LogP) is 4.29. The molecular weight excluding hydrogens is 160 g/mol. The summed E-state index contributed by atoms with van der Waals surface area (Å²) in [5.74, 6) is 0. The van der Waals surface area contributed by atoms with Crippen molar-refractivity contribution in [3.63, 3.8) is 0 Å². The van der Waals surface area contributed by atoms with E-state index in [2.05, 4.69) is 13.0 Å². The first-order valence-electron chi connectivity index (χ1n) is 5.68. The summed E-state index contributed by atoms with van der Waals surface area (Å²) in [6, 6.07) is 0. The standard InChI is InChI=1S/C12H24O/c1-3-5-6-7-8-9-10-11-12-13-4-2/h11-12H,3-10H2,1-2H3. The van der Waals surface area contributed by atoms with E-state index in [-0.39, 0.29) is 0 Å². The van der Waals surface area contributed by atoms with E-state index >= 15 is 0 Å². The molecule has 0 saturated carbocycles. The minimum Gasteiger partial charge on any atom is -0.502 e. The summed E-state index contributed by atoms with van der Waals surface area (Å²) < 4.78 is 5.10. The van der Waals surface area contributed by atoms with Crippen LogP contribution < -0.4 is 0 Å². The van der Waals surface area contributed by atoms with Crippen LogP contribution in [0, 0.1) is 0 Å². The van der Waals surface area contributed by atoms with Crippen molar-refractivity contribution in [2.24, 2.45) is 0 Å². The minimum atomic E-state index is 0.785. The fourth-order valence-corrected chi connectivity index (χ4v) is 1.27. The molecule has 0 amide bonds. The smallest absolute Gasteiger partial charge is 0.0845 e. The van der Waals surface area contributed by atoms with Crippen LogP contribution in [0.4, 0.5) is 0 Å². The molecule has 0 aromatic heterocycles. The third-order valence-corrected chi connectivity index (χ3v) is 2.08. The fourth-order valence-electron chi connectivity index (χ4n) is 1.27. The normalized spacial score (nSPS) is 10.9. The minimum absolute atomic E-state index is 0.785. The van der Waals surface area contributed by atoms with E-state index in [0.29, 0.717) is 0 Å². The molecule has 1 nitrogen and oxygen atoms in total.